The van der Waals surface area contributed by atoms with Crippen LogP contribution in [0.3, 0.4) is 0 Å². The minimum atomic E-state index is -0.112. The first-order valence-electron chi connectivity index (χ1n) is 4.62. The van der Waals surface area contributed by atoms with Crippen molar-refractivity contribution >= 4 is 0 Å². The van der Waals surface area contributed by atoms with Crippen LogP contribution in [0.2, 0.25) is 0 Å². The highest BCUT2D eigenvalue weighted by molar-refractivity contribution is 4.66. The first-order valence-corrected chi connectivity index (χ1v) is 4.62. The molecule has 66 valence electrons. The van der Waals surface area contributed by atoms with Gasteiger partial charge in [0, 0.05) is 6.61 Å². The molecular weight excluding hydrogens is 140 g/mol. The normalized spacial score (nSPS) is 27.3. The van der Waals surface area contributed by atoms with Gasteiger partial charge >= 0.3 is 0 Å². The molecule has 2 unspecified atom stereocenters. The molecule has 0 bridgehead atoms. The fraction of sp³-hybridized carbons (Fsp3) is 1.00. The Kier molecular flexibility index (Phi) is 3.87. The lowest BCUT2D eigenvalue weighted by atomic mass is 10.1. The van der Waals surface area contributed by atoms with Gasteiger partial charge in [0.1, 0.15) is 0 Å². The summed E-state index contributed by atoms with van der Waals surface area (Å²) >= 11 is 0. The zero-order valence-corrected chi connectivity index (χ0v) is 7.25. The number of ether oxygens (including phenoxy) is 1. The Morgan fingerprint density at radius 1 is 1.64 bits per heavy atom. The fourth-order valence-corrected chi connectivity index (χ4v) is 1.45. The largest absolute Gasteiger partial charge is 0.393 e. The maximum atomic E-state index is 9.26. The molecule has 0 aliphatic carbocycles. The third-order valence-electron chi connectivity index (χ3n) is 2.32. The van der Waals surface area contributed by atoms with Crippen LogP contribution >= 0.6 is 0 Å². The molecular formula is C9H18O2. The monoisotopic (exact) mass is 158 g/mol. The predicted octanol–water partition coefficient (Wildman–Crippen LogP) is 1.72. The van der Waals surface area contributed by atoms with E-state index in [-0.39, 0.29) is 6.10 Å². The van der Waals surface area contributed by atoms with Gasteiger partial charge in [-0.05, 0) is 32.1 Å². The summed E-state index contributed by atoms with van der Waals surface area (Å²) in [5.41, 5.74) is 0. The highest BCUT2D eigenvalue weighted by Crippen LogP contribution is 2.18. The molecule has 2 nitrogen and oxygen atoms in total. The average Bonchev–Trinajstić information content (AvgIpc) is 2.52. The van der Waals surface area contributed by atoms with Gasteiger partial charge in [-0.15, -0.1) is 0 Å². The number of aliphatic hydroxyl groups excluding tert-OH is 1. The average molecular weight is 158 g/mol. The molecule has 1 aliphatic heterocycles. The Morgan fingerprint density at radius 3 is 3.00 bits per heavy atom. The van der Waals surface area contributed by atoms with Gasteiger partial charge in [-0.1, -0.05) is 6.92 Å². The van der Waals surface area contributed by atoms with E-state index in [1.807, 2.05) is 6.92 Å². The van der Waals surface area contributed by atoms with Gasteiger partial charge in [-0.25, -0.2) is 0 Å². The van der Waals surface area contributed by atoms with Gasteiger partial charge in [0.15, 0.2) is 0 Å². The molecule has 2 atom stereocenters. The fourth-order valence-electron chi connectivity index (χ4n) is 1.45. The summed E-state index contributed by atoms with van der Waals surface area (Å²) in [6, 6.07) is 0. The maximum Gasteiger partial charge on any atom is 0.0577 e. The van der Waals surface area contributed by atoms with Gasteiger partial charge in [-0.3, -0.25) is 0 Å². The molecule has 0 aromatic carbocycles. The number of hydrogen-bond donors (Lipinski definition) is 1. The summed E-state index contributed by atoms with van der Waals surface area (Å²) in [5.74, 6) is 0. The van der Waals surface area contributed by atoms with Crippen LogP contribution in [0.5, 0.6) is 0 Å². The van der Waals surface area contributed by atoms with E-state index in [0.717, 1.165) is 25.9 Å². The van der Waals surface area contributed by atoms with Crippen molar-refractivity contribution in [3.8, 4) is 0 Å². The van der Waals surface area contributed by atoms with Crippen molar-refractivity contribution in [2.24, 2.45) is 0 Å². The number of rotatable bonds is 4. The third-order valence-corrected chi connectivity index (χ3v) is 2.32. The Hall–Kier alpha value is -0.0800. The second-order valence-electron chi connectivity index (χ2n) is 3.27. The van der Waals surface area contributed by atoms with Crippen molar-refractivity contribution in [3.63, 3.8) is 0 Å². The molecule has 0 aromatic heterocycles. The van der Waals surface area contributed by atoms with E-state index >= 15 is 0 Å². The Morgan fingerprint density at radius 2 is 2.45 bits per heavy atom. The van der Waals surface area contributed by atoms with Gasteiger partial charge < -0.3 is 9.84 Å². The summed E-state index contributed by atoms with van der Waals surface area (Å²) in [6.45, 7) is 2.94. The number of aliphatic hydroxyl groups is 1. The highest BCUT2D eigenvalue weighted by atomic mass is 16.5. The van der Waals surface area contributed by atoms with E-state index in [0.29, 0.717) is 6.10 Å². The van der Waals surface area contributed by atoms with Gasteiger partial charge in [0.25, 0.3) is 0 Å². The molecule has 0 radical (unpaired) electrons. The van der Waals surface area contributed by atoms with Crippen LogP contribution in [0, 0.1) is 0 Å². The van der Waals surface area contributed by atoms with E-state index in [1.165, 1.54) is 12.8 Å². The van der Waals surface area contributed by atoms with Crippen LogP contribution in [0.15, 0.2) is 0 Å². The minimum absolute atomic E-state index is 0.112. The quantitative estimate of drug-likeness (QED) is 0.675. The number of hydrogen-bond acceptors (Lipinski definition) is 2. The first kappa shape index (κ1) is 9.01. The summed E-state index contributed by atoms with van der Waals surface area (Å²) in [7, 11) is 0. The molecule has 0 amide bonds. The van der Waals surface area contributed by atoms with Crippen molar-refractivity contribution in [2.45, 2.75) is 51.2 Å². The Balaban J connectivity index is 2.01. The first-order chi connectivity index (χ1) is 5.33. The van der Waals surface area contributed by atoms with Crippen LogP contribution in [-0.4, -0.2) is 23.9 Å². The Bertz CT molecular complexity index is 97.7. The summed E-state index contributed by atoms with van der Waals surface area (Å²) in [5, 5.41) is 9.26. The standard InChI is InChI=1S/C9H18O2/c1-2-8(10)5-6-9-4-3-7-11-9/h8-10H,2-7H2,1H3. The molecule has 2 heteroatoms. The van der Waals surface area contributed by atoms with E-state index in [1.54, 1.807) is 0 Å². The second kappa shape index (κ2) is 4.73. The van der Waals surface area contributed by atoms with Crippen LogP contribution in [-0.2, 0) is 4.74 Å². The lowest BCUT2D eigenvalue weighted by molar-refractivity contribution is 0.0803. The van der Waals surface area contributed by atoms with Crippen molar-refractivity contribution in [2.75, 3.05) is 6.61 Å². The topological polar surface area (TPSA) is 29.5 Å². The smallest absolute Gasteiger partial charge is 0.0577 e. The minimum Gasteiger partial charge on any atom is -0.393 e. The molecule has 0 spiro atoms. The molecule has 0 aromatic rings. The van der Waals surface area contributed by atoms with Crippen molar-refractivity contribution in [1.82, 2.24) is 0 Å². The lowest BCUT2D eigenvalue weighted by Crippen LogP contribution is -2.11. The van der Waals surface area contributed by atoms with Crippen molar-refractivity contribution < 1.29 is 9.84 Å². The van der Waals surface area contributed by atoms with E-state index in [9.17, 15) is 5.11 Å². The molecule has 1 aliphatic rings. The molecule has 11 heavy (non-hydrogen) atoms. The Labute approximate surface area is 68.6 Å². The van der Waals surface area contributed by atoms with Gasteiger partial charge in [0.2, 0.25) is 0 Å². The van der Waals surface area contributed by atoms with Crippen LogP contribution in [0.25, 0.3) is 0 Å². The lowest BCUT2D eigenvalue weighted by Gasteiger charge is -2.11. The van der Waals surface area contributed by atoms with E-state index in [2.05, 4.69) is 0 Å². The summed E-state index contributed by atoms with van der Waals surface area (Å²) in [4.78, 5) is 0. The highest BCUT2D eigenvalue weighted by Gasteiger charge is 2.15. The van der Waals surface area contributed by atoms with Crippen molar-refractivity contribution in [3.05, 3.63) is 0 Å². The maximum absolute atomic E-state index is 9.26. The van der Waals surface area contributed by atoms with Crippen LogP contribution in [0.1, 0.15) is 39.0 Å². The van der Waals surface area contributed by atoms with Gasteiger partial charge in [0.05, 0.1) is 12.2 Å². The molecule has 1 N–H and O–H groups in total. The summed E-state index contributed by atoms with van der Waals surface area (Å²) < 4.78 is 5.44. The second-order valence-corrected chi connectivity index (χ2v) is 3.27. The van der Waals surface area contributed by atoms with Crippen LogP contribution in [0.4, 0.5) is 0 Å². The van der Waals surface area contributed by atoms with Gasteiger partial charge in [-0.2, -0.15) is 0 Å². The SMILES string of the molecule is CCC(O)CCC1CCCO1. The molecule has 1 heterocycles. The zero-order chi connectivity index (χ0) is 8.10. The third kappa shape index (κ3) is 3.21. The molecule has 1 saturated heterocycles. The molecule has 0 saturated carbocycles. The predicted molar refractivity (Wildman–Crippen MR) is 44.5 cm³/mol. The van der Waals surface area contributed by atoms with E-state index < -0.39 is 0 Å². The van der Waals surface area contributed by atoms with E-state index in [4.69, 9.17) is 4.74 Å². The zero-order valence-electron chi connectivity index (χ0n) is 7.25. The molecule has 1 fully saturated rings. The van der Waals surface area contributed by atoms with Crippen LogP contribution < -0.4 is 0 Å². The van der Waals surface area contributed by atoms with Crippen molar-refractivity contribution in [1.29, 1.82) is 0 Å². The molecule has 1 rings (SSSR count). The summed E-state index contributed by atoms with van der Waals surface area (Å²) in [6.07, 6.45) is 5.53.